The highest BCUT2D eigenvalue weighted by Gasteiger charge is 2.36. The fourth-order valence-corrected chi connectivity index (χ4v) is 4.32. The topological polar surface area (TPSA) is 44.8 Å². The predicted octanol–water partition coefficient (Wildman–Crippen LogP) is 5.92. The van der Waals surface area contributed by atoms with Gasteiger partial charge in [-0.05, 0) is 53.9 Å². The van der Waals surface area contributed by atoms with Gasteiger partial charge < -0.3 is 9.88 Å². The zero-order valence-electron chi connectivity index (χ0n) is 15.9. The number of hydrogen-bond donors (Lipinski definition) is 1. The zero-order valence-corrected chi connectivity index (χ0v) is 16.7. The van der Waals surface area contributed by atoms with Crippen molar-refractivity contribution < 1.29 is 17.6 Å². The number of anilines is 1. The Hall–Kier alpha value is -3.13. The number of alkyl halides is 3. The summed E-state index contributed by atoms with van der Waals surface area (Å²) >= 11 is 6.18. The summed E-state index contributed by atoms with van der Waals surface area (Å²) in [6, 6.07) is 11.7. The van der Waals surface area contributed by atoms with E-state index in [0.717, 1.165) is 34.4 Å². The van der Waals surface area contributed by atoms with Crippen LogP contribution in [0.25, 0.3) is 10.9 Å². The first-order valence-electron chi connectivity index (χ1n) is 9.53. The minimum absolute atomic E-state index is 0.0635. The summed E-state index contributed by atoms with van der Waals surface area (Å²) in [6.45, 7) is 0.356. The highest BCUT2D eigenvalue weighted by Crippen LogP contribution is 2.41. The van der Waals surface area contributed by atoms with Crippen molar-refractivity contribution in [2.75, 3.05) is 11.4 Å². The van der Waals surface area contributed by atoms with Crippen molar-refractivity contribution in [2.24, 2.45) is 0 Å². The molecular formula is C22H15ClF4N4. The molecule has 0 radical (unpaired) electrons. The van der Waals surface area contributed by atoms with Crippen LogP contribution >= 0.6 is 11.6 Å². The molecule has 0 fully saturated rings. The lowest BCUT2D eigenvalue weighted by molar-refractivity contribution is -0.141. The Labute approximate surface area is 179 Å². The molecule has 2 aromatic heterocycles. The summed E-state index contributed by atoms with van der Waals surface area (Å²) in [5, 5.41) is 1.52. The molecule has 0 saturated carbocycles. The molecule has 4 aromatic rings. The van der Waals surface area contributed by atoms with Crippen LogP contribution in [0, 0.1) is 5.82 Å². The van der Waals surface area contributed by atoms with Crippen LogP contribution < -0.4 is 4.90 Å². The Morgan fingerprint density at radius 2 is 1.94 bits per heavy atom. The molecule has 5 rings (SSSR count). The molecule has 0 saturated heterocycles. The fourth-order valence-electron chi connectivity index (χ4n) is 4.14. The summed E-state index contributed by atoms with van der Waals surface area (Å²) in [5.74, 6) is -0.500. The Morgan fingerprint density at radius 3 is 2.71 bits per heavy atom. The van der Waals surface area contributed by atoms with Crippen molar-refractivity contribution in [2.45, 2.75) is 18.6 Å². The molecule has 9 heteroatoms. The van der Waals surface area contributed by atoms with Crippen LogP contribution in [0.4, 0.5) is 23.5 Å². The molecule has 2 aromatic carbocycles. The third-order valence-corrected chi connectivity index (χ3v) is 5.68. The number of aromatic amines is 1. The molecule has 31 heavy (non-hydrogen) atoms. The normalized spacial score (nSPS) is 16.5. The molecular weight excluding hydrogens is 432 g/mol. The number of aromatic nitrogens is 3. The van der Waals surface area contributed by atoms with E-state index in [-0.39, 0.29) is 5.95 Å². The third kappa shape index (κ3) is 3.50. The molecule has 0 spiro atoms. The number of halogens is 5. The highest BCUT2D eigenvalue weighted by molar-refractivity contribution is 6.31. The van der Waals surface area contributed by atoms with Gasteiger partial charge in [-0.15, -0.1) is 0 Å². The second-order valence-electron chi connectivity index (χ2n) is 7.35. The summed E-state index contributed by atoms with van der Waals surface area (Å²) < 4.78 is 53.8. The van der Waals surface area contributed by atoms with Gasteiger partial charge in [0.25, 0.3) is 0 Å². The first-order valence-corrected chi connectivity index (χ1v) is 9.91. The van der Waals surface area contributed by atoms with Crippen molar-refractivity contribution in [3.05, 3.63) is 88.1 Å². The molecule has 158 valence electrons. The number of benzene rings is 2. The van der Waals surface area contributed by atoms with Gasteiger partial charge in [-0.3, -0.25) is 0 Å². The van der Waals surface area contributed by atoms with Gasteiger partial charge in [0.05, 0.1) is 6.04 Å². The lowest BCUT2D eigenvalue weighted by atomic mass is 9.92. The summed E-state index contributed by atoms with van der Waals surface area (Å²) in [5.41, 5.74) is 2.16. The van der Waals surface area contributed by atoms with Crippen LogP contribution in [-0.4, -0.2) is 21.5 Å². The van der Waals surface area contributed by atoms with Crippen LogP contribution in [0.2, 0.25) is 5.02 Å². The van der Waals surface area contributed by atoms with Gasteiger partial charge >= 0.3 is 6.18 Å². The third-order valence-electron chi connectivity index (χ3n) is 5.44. The lowest BCUT2D eigenvalue weighted by Crippen LogP contribution is -2.37. The van der Waals surface area contributed by atoms with E-state index in [4.69, 9.17) is 11.6 Å². The molecule has 0 aliphatic carbocycles. The molecule has 0 amide bonds. The van der Waals surface area contributed by atoms with Gasteiger partial charge in [-0.1, -0.05) is 23.7 Å². The smallest absolute Gasteiger partial charge is 0.356 e. The number of fused-ring (bicyclic) bond motifs is 3. The quantitative estimate of drug-likeness (QED) is 0.389. The van der Waals surface area contributed by atoms with E-state index in [1.165, 1.54) is 12.1 Å². The zero-order chi connectivity index (χ0) is 21.8. The van der Waals surface area contributed by atoms with E-state index in [1.54, 1.807) is 23.1 Å². The molecule has 1 N–H and O–H groups in total. The Kier molecular flexibility index (Phi) is 4.62. The number of nitrogens with zero attached hydrogens (tertiary/aromatic N) is 3. The monoisotopic (exact) mass is 446 g/mol. The minimum atomic E-state index is -4.59. The van der Waals surface area contributed by atoms with E-state index >= 15 is 0 Å². The van der Waals surface area contributed by atoms with E-state index in [9.17, 15) is 17.6 Å². The van der Waals surface area contributed by atoms with E-state index in [2.05, 4.69) is 15.0 Å². The van der Waals surface area contributed by atoms with Gasteiger partial charge in [0.1, 0.15) is 11.5 Å². The number of rotatable bonds is 2. The first-order chi connectivity index (χ1) is 14.8. The average molecular weight is 447 g/mol. The van der Waals surface area contributed by atoms with Crippen LogP contribution in [0.15, 0.2) is 54.7 Å². The van der Waals surface area contributed by atoms with Crippen molar-refractivity contribution in [1.82, 2.24) is 15.0 Å². The summed E-state index contributed by atoms with van der Waals surface area (Å²) in [7, 11) is 0. The lowest BCUT2D eigenvalue weighted by Gasteiger charge is -2.36. The van der Waals surface area contributed by atoms with Crippen LogP contribution in [0.1, 0.15) is 28.6 Å². The molecule has 1 unspecified atom stereocenters. The average Bonchev–Trinajstić information content (AvgIpc) is 3.10. The SMILES string of the molecule is Fc1cccc(C2c3[nH]c4ccc(Cl)cc4c3CCN2c2nccc(C(F)(F)F)n2)c1. The van der Waals surface area contributed by atoms with Crippen LogP contribution in [0.3, 0.4) is 0 Å². The van der Waals surface area contributed by atoms with Gasteiger partial charge in [0, 0.05) is 34.4 Å². The second-order valence-corrected chi connectivity index (χ2v) is 7.78. The molecule has 0 bridgehead atoms. The molecule has 1 aliphatic heterocycles. The Morgan fingerprint density at radius 1 is 1.10 bits per heavy atom. The maximum absolute atomic E-state index is 14.1. The van der Waals surface area contributed by atoms with Gasteiger partial charge in [-0.2, -0.15) is 13.2 Å². The predicted molar refractivity (Wildman–Crippen MR) is 110 cm³/mol. The van der Waals surface area contributed by atoms with Crippen LogP contribution in [-0.2, 0) is 12.6 Å². The summed E-state index contributed by atoms with van der Waals surface area (Å²) in [6.07, 6.45) is -2.96. The van der Waals surface area contributed by atoms with Gasteiger partial charge in [0.15, 0.2) is 0 Å². The maximum Gasteiger partial charge on any atom is 0.433 e. The van der Waals surface area contributed by atoms with Crippen molar-refractivity contribution in [3.8, 4) is 0 Å². The first kappa shape index (κ1) is 19.8. The number of nitrogens with one attached hydrogen (secondary N) is 1. The number of hydrogen-bond acceptors (Lipinski definition) is 3. The highest BCUT2D eigenvalue weighted by atomic mass is 35.5. The molecule has 4 nitrogen and oxygen atoms in total. The second kappa shape index (κ2) is 7.23. The number of H-pyrrole nitrogens is 1. The molecule has 3 heterocycles. The molecule has 1 atom stereocenters. The largest absolute Gasteiger partial charge is 0.433 e. The van der Waals surface area contributed by atoms with Crippen molar-refractivity contribution >= 4 is 28.5 Å². The maximum atomic E-state index is 14.1. The van der Waals surface area contributed by atoms with Crippen LogP contribution in [0.5, 0.6) is 0 Å². The minimum Gasteiger partial charge on any atom is -0.356 e. The van der Waals surface area contributed by atoms with E-state index in [1.807, 2.05) is 12.1 Å². The van der Waals surface area contributed by atoms with Crippen molar-refractivity contribution in [3.63, 3.8) is 0 Å². The van der Waals surface area contributed by atoms with Gasteiger partial charge in [-0.25, -0.2) is 14.4 Å². The summed E-state index contributed by atoms with van der Waals surface area (Å²) in [4.78, 5) is 12.9. The Bertz CT molecular complexity index is 1280. The standard InChI is InChI=1S/C22H15ClF4N4/c23-13-4-5-17-16(11-13)15-7-9-31(21-28-8-6-18(30-21)22(25,26)27)20(19(15)29-17)12-2-1-3-14(24)10-12/h1-6,8,10-11,20,29H,7,9H2. The Balaban J connectivity index is 1.70. The van der Waals surface area contributed by atoms with Crippen molar-refractivity contribution in [1.29, 1.82) is 0 Å². The van der Waals surface area contributed by atoms with E-state index < -0.39 is 23.7 Å². The fraction of sp³-hybridized carbons (Fsp3) is 0.182. The van der Waals surface area contributed by atoms with Gasteiger partial charge in [0.2, 0.25) is 5.95 Å². The molecule has 1 aliphatic rings. The van der Waals surface area contributed by atoms with E-state index in [0.29, 0.717) is 23.6 Å².